The van der Waals surface area contributed by atoms with Gasteiger partial charge in [-0.15, -0.1) is 0 Å². The maximum Gasteiger partial charge on any atom is 0.240 e. The van der Waals surface area contributed by atoms with Crippen LogP contribution in [-0.2, 0) is 9.59 Å². The number of carbonyl (C=O) groups is 2. The van der Waals surface area contributed by atoms with Crippen LogP contribution in [0.25, 0.3) is 0 Å². The standard InChI is InChI=1S/C13H25N3O2/c1-5-7-14-10-6-8-16(12(10)18)9-11(17)15-13(2,3)4/h10,14H,5-9H2,1-4H3,(H,15,17). The summed E-state index contributed by atoms with van der Waals surface area (Å²) in [5.41, 5.74) is -0.250. The van der Waals surface area contributed by atoms with Crippen molar-refractivity contribution < 1.29 is 9.59 Å². The fourth-order valence-corrected chi connectivity index (χ4v) is 2.04. The lowest BCUT2D eigenvalue weighted by atomic mass is 10.1. The van der Waals surface area contributed by atoms with Crippen LogP contribution in [0.2, 0.25) is 0 Å². The lowest BCUT2D eigenvalue weighted by Crippen LogP contribution is -2.47. The van der Waals surface area contributed by atoms with Crippen LogP contribution >= 0.6 is 0 Å². The minimum Gasteiger partial charge on any atom is -0.350 e. The van der Waals surface area contributed by atoms with Crippen molar-refractivity contribution in [3.05, 3.63) is 0 Å². The zero-order valence-corrected chi connectivity index (χ0v) is 11.9. The molecule has 0 aromatic carbocycles. The molecule has 0 aromatic rings. The second-order valence-corrected chi connectivity index (χ2v) is 5.85. The second kappa shape index (κ2) is 6.18. The van der Waals surface area contributed by atoms with Crippen LogP contribution in [0.3, 0.4) is 0 Å². The molecule has 0 aliphatic carbocycles. The van der Waals surface area contributed by atoms with Gasteiger partial charge in [0.2, 0.25) is 11.8 Å². The fraction of sp³-hybridized carbons (Fsp3) is 0.846. The predicted octanol–water partition coefficient (Wildman–Crippen LogP) is 0.502. The van der Waals surface area contributed by atoms with Crippen LogP contribution < -0.4 is 10.6 Å². The first kappa shape index (κ1) is 15.0. The van der Waals surface area contributed by atoms with E-state index in [4.69, 9.17) is 0 Å². The molecule has 1 unspecified atom stereocenters. The van der Waals surface area contributed by atoms with E-state index in [1.807, 2.05) is 20.8 Å². The van der Waals surface area contributed by atoms with Gasteiger partial charge in [0, 0.05) is 12.1 Å². The van der Waals surface area contributed by atoms with Gasteiger partial charge in [-0.2, -0.15) is 0 Å². The van der Waals surface area contributed by atoms with Gasteiger partial charge in [-0.1, -0.05) is 6.92 Å². The van der Waals surface area contributed by atoms with E-state index in [0.717, 1.165) is 19.4 Å². The molecule has 1 atom stereocenters. The zero-order chi connectivity index (χ0) is 13.8. The molecule has 2 N–H and O–H groups in total. The summed E-state index contributed by atoms with van der Waals surface area (Å²) in [6.45, 7) is 9.55. The Kier molecular flexibility index (Phi) is 5.14. The average Bonchev–Trinajstić information content (AvgIpc) is 2.55. The minimum absolute atomic E-state index is 0.0486. The Bertz CT molecular complexity index is 310. The summed E-state index contributed by atoms with van der Waals surface area (Å²) in [5, 5.41) is 6.08. The summed E-state index contributed by atoms with van der Waals surface area (Å²) >= 11 is 0. The summed E-state index contributed by atoms with van der Waals surface area (Å²) in [6.07, 6.45) is 1.80. The molecule has 18 heavy (non-hydrogen) atoms. The number of rotatable bonds is 5. The molecule has 0 spiro atoms. The van der Waals surface area contributed by atoms with Gasteiger partial charge in [-0.3, -0.25) is 9.59 Å². The highest BCUT2D eigenvalue weighted by atomic mass is 16.2. The Balaban J connectivity index is 2.40. The number of amides is 2. The van der Waals surface area contributed by atoms with Crippen molar-refractivity contribution in [1.82, 2.24) is 15.5 Å². The van der Waals surface area contributed by atoms with Gasteiger partial charge in [0.25, 0.3) is 0 Å². The number of likely N-dealkylation sites (tertiary alicyclic amines) is 1. The SMILES string of the molecule is CCCNC1CCN(CC(=O)NC(C)(C)C)C1=O. The molecule has 0 bridgehead atoms. The smallest absolute Gasteiger partial charge is 0.240 e. The lowest BCUT2D eigenvalue weighted by Gasteiger charge is -2.23. The maximum atomic E-state index is 12.0. The minimum atomic E-state index is -0.250. The highest BCUT2D eigenvalue weighted by molar-refractivity contribution is 5.89. The van der Waals surface area contributed by atoms with Crippen LogP contribution in [0.5, 0.6) is 0 Å². The van der Waals surface area contributed by atoms with Crippen molar-refractivity contribution in [2.75, 3.05) is 19.6 Å². The number of hydrogen-bond acceptors (Lipinski definition) is 3. The lowest BCUT2D eigenvalue weighted by molar-refractivity contribution is -0.134. The molecule has 1 rings (SSSR count). The first-order chi connectivity index (χ1) is 8.33. The zero-order valence-electron chi connectivity index (χ0n) is 11.9. The normalized spacial score (nSPS) is 20.3. The summed E-state index contributed by atoms with van der Waals surface area (Å²) in [7, 11) is 0. The van der Waals surface area contributed by atoms with Crippen LogP contribution in [0.1, 0.15) is 40.5 Å². The van der Waals surface area contributed by atoms with Gasteiger partial charge in [0.15, 0.2) is 0 Å². The van der Waals surface area contributed by atoms with E-state index in [9.17, 15) is 9.59 Å². The van der Waals surface area contributed by atoms with Crippen molar-refractivity contribution >= 4 is 11.8 Å². The molecule has 1 fully saturated rings. The van der Waals surface area contributed by atoms with Crippen LogP contribution in [-0.4, -0.2) is 47.9 Å². The molecule has 1 saturated heterocycles. The molecule has 0 radical (unpaired) electrons. The largest absolute Gasteiger partial charge is 0.350 e. The summed E-state index contributed by atoms with van der Waals surface area (Å²) in [4.78, 5) is 25.4. The molecule has 0 aromatic heterocycles. The molecule has 104 valence electrons. The van der Waals surface area contributed by atoms with E-state index in [-0.39, 0.29) is 29.9 Å². The maximum absolute atomic E-state index is 12.0. The number of carbonyl (C=O) groups excluding carboxylic acids is 2. The molecular formula is C13H25N3O2. The third-order valence-corrected chi connectivity index (χ3v) is 2.79. The molecule has 1 heterocycles. The molecule has 2 amide bonds. The molecular weight excluding hydrogens is 230 g/mol. The third-order valence-electron chi connectivity index (χ3n) is 2.79. The predicted molar refractivity (Wildman–Crippen MR) is 71.2 cm³/mol. The van der Waals surface area contributed by atoms with E-state index in [1.165, 1.54) is 0 Å². The van der Waals surface area contributed by atoms with Crippen molar-refractivity contribution in [3.8, 4) is 0 Å². The monoisotopic (exact) mass is 255 g/mol. The molecule has 5 nitrogen and oxygen atoms in total. The summed E-state index contributed by atoms with van der Waals surface area (Å²) in [5.74, 6) is -0.0421. The molecule has 5 heteroatoms. The first-order valence-electron chi connectivity index (χ1n) is 6.66. The Hall–Kier alpha value is -1.10. The van der Waals surface area contributed by atoms with Crippen molar-refractivity contribution in [1.29, 1.82) is 0 Å². The van der Waals surface area contributed by atoms with Gasteiger partial charge < -0.3 is 15.5 Å². The highest BCUT2D eigenvalue weighted by Crippen LogP contribution is 2.11. The third kappa shape index (κ3) is 4.64. The Morgan fingerprint density at radius 1 is 1.44 bits per heavy atom. The van der Waals surface area contributed by atoms with E-state index >= 15 is 0 Å². The van der Waals surface area contributed by atoms with Crippen LogP contribution in [0, 0.1) is 0 Å². The fourth-order valence-electron chi connectivity index (χ4n) is 2.04. The van der Waals surface area contributed by atoms with E-state index in [0.29, 0.717) is 6.54 Å². The summed E-state index contributed by atoms with van der Waals surface area (Å²) in [6, 6.07) is -0.104. The van der Waals surface area contributed by atoms with Crippen LogP contribution in [0.15, 0.2) is 0 Å². The molecule has 1 aliphatic rings. The topological polar surface area (TPSA) is 61.4 Å². The van der Waals surface area contributed by atoms with Gasteiger partial charge in [0.1, 0.15) is 0 Å². The first-order valence-corrected chi connectivity index (χ1v) is 6.66. The average molecular weight is 255 g/mol. The van der Waals surface area contributed by atoms with Gasteiger partial charge in [-0.05, 0) is 40.2 Å². The Morgan fingerprint density at radius 2 is 2.11 bits per heavy atom. The Morgan fingerprint density at radius 3 is 2.67 bits per heavy atom. The van der Waals surface area contributed by atoms with E-state index in [1.54, 1.807) is 4.90 Å². The van der Waals surface area contributed by atoms with Crippen molar-refractivity contribution in [2.24, 2.45) is 0 Å². The molecule has 0 saturated carbocycles. The quantitative estimate of drug-likeness (QED) is 0.752. The van der Waals surface area contributed by atoms with Gasteiger partial charge in [-0.25, -0.2) is 0 Å². The molecule has 1 aliphatic heterocycles. The van der Waals surface area contributed by atoms with E-state index in [2.05, 4.69) is 17.6 Å². The number of nitrogens with zero attached hydrogens (tertiary/aromatic N) is 1. The number of hydrogen-bond donors (Lipinski definition) is 2. The Labute approximate surface area is 109 Å². The highest BCUT2D eigenvalue weighted by Gasteiger charge is 2.32. The van der Waals surface area contributed by atoms with Gasteiger partial charge >= 0.3 is 0 Å². The van der Waals surface area contributed by atoms with Crippen LogP contribution in [0.4, 0.5) is 0 Å². The van der Waals surface area contributed by atoms with Gasteiger partial charge in [0.05, 0.1) is 12.6 Å². The summed E-state index contributed by atoms with van der Waals surface area (Å²) < 4.78 is 0. The van der Waals surface area contributed by atoms with Crippen molar-refractivity contribution in [3.63, 3.8) is 0 Å². The second-order valence-electron chi connectivity index (χ2n) is 5.85. The number of nitrogens with one attached hydrogen (secondary N) is 2. The van der Waals surface area contributed by atoms with E-state index < -0.39 is 0 Å². The van der Waals surface area contributed by atoms with Crippen molar-refractivity contribution in [2.45, 2.75) is 52.1 Å².